The molecule has 0 spiro atoms. The summed E-state index contributed by atoms with van der Waals surface area (Å²) in [5.41, 5.74) is 13.5. The van der Waals surface area contributed by atoms with Crippen LogP contribution in [0.1, 0.15) is 87.4 Å². The van der Waals surface area contributed by atoms with E-state index < -0.39 is 63.2 Å². The largest absolute Gasteiger partial charge is 0.381 e. The van der Waals surface area contributed by atoms with Crippen molar-refractivity contribution in [1.29, 1.82) is 0 Å². The average molecular weight is 646 g/mol. The average Bonchev–Trinajstić information content (AvgIpc) is 3.45. The molecular formula is C30H43N7O7S. The van der Waals surface area contributed by atoms with Gasteiger partial charge in [-0.15, -0.1) is 0 Å². The number of rotatable bonds is 11. The predicted molar refractivity (Wildman–Crippen MR) is 164 cm³/mol. The summed E-state index contributed by atoms with van der Waals surface area (Å²) in [6.45, 7) is -0.0492. The number of likely N-dealkylation sites (tertiary alicyclic amines) is 1. The molecule has 5 N–H and O–H groups in total. The Morgan fingerprint density at radius 2 is 1.71 bits per heavy atom. The summed E-state index contributed by atoms with van der Waals surface area (Å²) in [5, 5.41) is 20.2. The molecule has 4 rings (SSSR count). The van der Waals surface area contributed by atoms with E-state index in [9.17, 15) is 32.7 Å². The van der Waals surface area contributed by atoms with Crippen LogP contribution in [0.3, 0.4) is 0 Å². The fourth-order valence-electron chi connectivity index (χ4n) is 6.99. The number of nitrogens with one attached hydrogen (secondary N) is 2. The van der Waals surface area contributed by atoms with Crippen LogP contribution < -0.4 is 16.4 Å². The van der Waals surface area contributed by atoms with Gasteiger partial charge in [0.1, 0.15) is 12.1 Å². The Balaban J connectivity index is 1.60. The molecule has 1 aromatic carbocycles. The Kier molecular flexibility index (Phi) is 11.1. The van der Waals surface area contributed by atoms with E-state index in [1.807, 2.05) is 0 Å². The maximum Gasteiger partial charge on any atom is 0.251 e. The van der Waals surface area contributed by atoms with Crippen molar-refractivity contribution in [1.82, 2.24) is 15.5 Å². The standard InChI is InChI=1S/C30H43N7O7S/c1-45(43,44)22-12-10-20(11-13-22)27(40)33-23(16-19-8-4-2-5-9-19)29(42)37-18-21(35-36-32)17-24(37)28(41)34-30(25(38)26(31)39)14-6-3-7-15-30/h10-13,19,21,23-25,38H,2-9,14-18H2,1H3,(H2,31,39)(H,33,40)(H,34,41)/t21?,23-,24?,25?/m1/s1. The van der Waals surface area contributed by atoms with Gasteiger partial charge < -0.3 is 26.4 Å². The normalized spacial score (nSPS) is 23.3. The molecule has 2 saturated carbocycles. The number of hydrogen-bond acceptors (Lipinski definition) is 8. The number of sulfone groups is 1. The van der Waals surface area contributed by atoms with Gasteiger partial charge in [0.05, 0.1) is 16.5 Å². The molecular weight excluding hydrogens is 602 g/mol. The van der Waals surface area contributed by atoms with Gasteiger partial charge in [-0.05, 0) is 61.4 Å². The monoisotopic (exact) mass is 645 g/mol. The Morgan fingerprint density at radius 1 is 1.09 bits per heavy atom. The van der Waals surface area contributed by atoms with Gasteiger partial charge in [0.2, 0.25) is 17.7 Å². The molecule has 4 atom stereocenters. The number of hydrogen-bond donors (Lipinski definition) is 4. The highest BCUT2D eigenvalue weighted by molar-refractivity contribution is 7.90. The van der Waals surface area contributed by atoms with Crippen molar-refractivity contribution in [2.75, 3.05) is 12.8 Å². The van der Waals surface area contributed by atoms with Crippen LogP contribution in [0, 0.1) is 5.92 Å². The number of azide groups is 1. The fourth-order valence-corrected chi connectivity index (χ4v) is 7.62. The topological polar surface area (TPSA) is 225 Å². The van der Waals surface area contributed by atoms with Crippen LogP contribution >= 0.6 is 0 Å². The van der Waals surface area contributed by atoms with E-state index in [-0.39, 0.29) is 29.3 Å². The third-order valence-electron chi connectivity index (χ3n) is 9.43. The molecule has 1 aromatic rings. The molecule has 14 nitrogen and oxygen atoms in total. The van der Waals surface area contributed by atoms with E-state index in [2.05, 4.69) is 20.7 Å². The molecule has 4 amide bonds. The lowest BCUT2D eigenvalue weighted by Gasteiger charge is -2.41. The number of amides is 4. The number of aliphatic hydroxyl groups excluding tert-OH is 1. The van der Waals surface area contributed by atoms with E-state index in [0.717, 1.165) is 44.8 Å². The van der Waals surface area contributed by atoms with Crippen molar-refractivity contribution < 1.29 is 32.7 Å². The number of aliphatic hydroxyl groups is 1. The first-order valence-corrected chi connectivity index (χ1v) is 17.5. The molecule has 2 aliphatic carbocycles. The number of primary amides is 1. The summed E-state index contributed by atoms with van der Waals surface area (Å²) >= 11 is 0. The highest BCUT2D eigenvalue weighted by atomic mass is 32.2. The fraction of sp³-hybridized carbons (Fsp3) is 0.667. The van der Waals surface area contributed by atoms with Crippen molar-refractivity contribution in [3.63, 3.8) is 0 Å². The second-order valence-electron chi connectivity index (χ2n) is 12.7. The van der Waals surface area contributed by atoms with Crippen molar-refractivity contribution in [2.45, 2.75) is 112 Å². The van der Waals surface area contributed by atoms with Crippen molar-refractivity contribution in [3.05, 3.63) is 40.3 Å². The second-order valence-corrected chi connectivity index (χ2v) is 14.7. The summed E-state index contributed by atoms with van der Waals surface area (Å²) in [4.78, 5) is 57.7. The third-order valence-corrected chi connectivity index (χ3v) is 10.6. The summed E-state index contributed by atoms with van der Waals surface area (Å²) in [6.07, 6.45) is 7.58. The van der Waals surface area contributed by atoms with Crippen LogP contribution in [-0.4, -0.2) is 84.6 Å². The Bertz CT molecular complexity index is 1420. The molecule has 1 saturated heterocycles. The lowest BCUT2D eigenvalue weighted by molar-refractivity contribution is -0.143. The number of carbonyl (C=O) groups is 4. The van der Waals surface area contributed by atoms with Crippen LogP contribution in [0.5, 0.6) is 0 Å². The first-order valence-electron chi connectivity index (χ1n) is 15.6. The van der Waals surface area contributed by atoms with Crippen LogP contribution in [0.4, 0.5) is 0 Å². The second kappa shape index (κ2) is 14.6. The molecule has 3 aliphatic rings. The van der Waals surface area contributed by atoms with E-state index in [1.165, 1.54) is 29.2 Å². The molecule has 0 aromatic heterocycles. The number of nitrogens with two attached hydrogens (primary N) is 1. The molecule has 246 valence electrons. The molecule has 45 heavy (non-hydrogen) atoms. The van der Waals surface area contributed by atoms with Gasteiger partial charge in [-0.25, -0.2) is 8.42 Å². The maximum absolute atomic E-state index is 14.2. The minimum absolute atomic E-state index is 0.0292. The number of carbonyl (C=O) groups excluding carboxylic acids is 4. The van der Waals surface area contributed by atoms with Gasteiger partial charge in [0, 0.05) is 23.3 Å². The Hall–Kier alpha value is -3.68. The number of benzene rings is 1. The van der Waals surface area contributed by atoms with E-state index in [1.54, 1.807) is 0 Å². The zero-order valence-electron chi connectivity index (χ0n) is 25.6. The van der Waals surface area contributed by atoms with Crippen molar-refractivity contribution >= 4 is 33.5 Å². The van der Waals surface area contributed by atoms with Crippen LogP contribution in [-0.2, 0) is 24.2 Å². The molecule has 1 aliphatic heterocycles. The Labute approximate surface area is 263 Å². The van der Waals surface area contributed by atoms with E-state index in [0.29, 0.717) is 32.1 Å². The summed E-state index contributed by atoms with van der Waals surface area (Å²) in [7, 11) is -3.47. The van der Waals surface area contributed by atoms with Crippen LogP contribution in [0.15, 0.2) is 34.3 Å². The minimum atomic E-state index is -3.47. The maximum atomic E-state index is 14.2. The van der Waals surface area contributed by atoms with E-state index in [4.69, 9.17) is 11.3 Å². The molecule has 15 heteroatoms. The quantitative estimate of drug-likeness (QED) is 0.159. The first kappa shape index (κ1) is 34.2. The zero-order chi connectivity index (χ0) is 32.8. The van der Waals surface area contributed by atoms with Gasteiger partial charge in [-0.1, -0.05) is 56.5 Å². The summed E-state index contributed by atoms with van der Waals surface area (Å²) < 4.78 is 23.7. The van der Waals surface area contributed by atoms with Gasteiger partial charge in [-0.2, -0.15) is 0 Å². The predicted octanol–water partition coefficient (Wildman–Crippen LogP) is 2.10. The third kappa shape index (κ3) is 8.33. The highest BCUT2D eigenvalue weighted by Crippen LogP contribution is 2.33. The first-order chi connectivity index (χ1) is 21.3. The molecule has 3 fully saturated rings. The van der Waals surface area contributed by atoms with Crippen molar-refractivity contribution in [2.24, 2.45) is 16.8 Å². The van der Waals surface area contributed by atoms with E-state index >= 15 is 0 Å². The molecule has 1 heterocycles. The summed E-state index contributed by atoms with van der Waals surface area (Å²) in [6, 6.07) is 2.63. The lowest BCUT2D eigenvalue weighted by Crippen LogP contribution is -2.64. The summed E-state index contributed by atoms with van der Waals surface area (Å²) in [5.74, 6) is -2.46. The number of nitrogens with zero attached hydrogens (tertiary/aromatic N) is 4. The molecule has 0 radical (unpaired) electrons. The van der Waals surface area contributed by atoms with Gasteiger partial charge in [0.25, 0.3) is 5.91 Å². The zero-order valence-corrected chi connectivity index (χ0v) is 26.4. The highest BCUT2D eigenvalue weighted by Gasteiger charge is 2.48. The SMILES string of the molecule is CS(=O)(=O)c1ccc(C(=O)N[C@H](CC2CCCCC2)C(=O)N2CC(N=[N+]=[N-])CC2C(=O)NC2(C(O)C(N)=O)CCCCC2)cc1. The van der Waals surface area contributed by atoms with Gasteiger partial charge in [-0.3, -0.25) is 19.2 Å². The Morgan fingerprint density at radius 3 is 2.29 bits per heavy atom. The van der Waals surface area contributed by atoms with Gasteiger partial charge in [0.15, 0.2) is 15.9 Å². The lowest BCUT2D eigenvalue weighted by atomic mass is 9.77. The molecule has 0 bridgehead atoms. The van der Waals surface area contributed by atoms with Crippen LogP contribution in [0.2, 0.25) is 0 Å². The smallest absolute Gasteiger partial charge is 0.251 e. The van der Waals surface area contributed by atoms with Crippen LogP contribution in [0.25, 0.3) is 10.4 Å². The minimum Gasteiger partial charge on any atom is -0.381 e. The van der Waals surface area contributed by atoms with Crippen molar-refractivity contribution in [3.8, 4) is 0 Å². The van der Waals surface area contributed by atoms with Gasteiger partial charge >= 0.3 is 0 Å². The molecule has 3 unspecified atom stereocenters.